The quantitative estimate of drug-likeness (QED) is 0.183. The van der Waals surface area contributed by atoms with Crippen LogP contribution in [0.5, 0.6) is 17.2 Å². The minimum absolute atomic E-state index is 0.0316. The van der Waals surface area contributed by atoms with Gasteiger partial charge in [0.25, 0.3) is 0 Å². The van der Waals surface area contributed by atoms with Gasteiger partial charge < -0.3 is 19.0 Å². The lowest BCUT2D eigenvalue weighted by molar-refractivity contribution is -0.155. The highest BCUT2D eigenvalue weighted by Gasteiger charge is 2.41. The summed E-state index contributed by atoms with van der Waals surface area (Å²) in [6.45, 7) is 3.53. The van der Waals surface area contributed by atoms with E-state index in [0.29, 0.717) is 37.8 Å². The Kier molecular flexibility index (Phi) is 9.38. The highest BCUT2D eigenvalue weighted by Crippen LogP contribution is 2.45. The number of hydrogen-bond acceptors (Lipinski definition) is 8. The minimum atomic E-state index is -3.82. The van der Waals surface area contributed by atoms with Crippen LogP contribution in [0.25, 0.3) is 0 Å². The van der Waals surface area contributed by atoms with Gasteiger partial charge in [0.2, 0.25) is 16.1 Å². The molecule has 2 unspecified atom stereocenters. The molecule has 9 nitrogen and oxygen atoms in total. The average molecular weight is 674 g/mol. The maximum atomic E-state index is 13.3. The number of carbonyl (C=O) groups is 1. The fraction of sp³-hybridized carbons (Fsp3) is 0.462. The first-order chi connectivity index (χ1) is 18.1. The van der Waals surface area contributed by atoms with Crippen molar-refractivity contribution >= 4 is 54.1 Å². The van der Waals surface area contributed by atoms with Crippen molar-refractivity contribution in [2.75, 3.05) is 13.7 Å². The van der Waals surface area contributed by atoms with E-state index in [0.717, 1.165) is 19.3 Å². The van der Waals surface area contributed by atoms with Crippen molar-refractivity contribution < 1.29 is 32.3 Å². The summed E-state index contributed by atoms with van der Waals surface area (Å²) in [6, 6.07) is 8.14. The van der Waals surface area contributed by atoms with Crippen molar-refractivity contribution in [3.8, 4) is 17.2 Å². The van der Waals surface area contributed by atoms with Crippen molar-refractivity contribution in [3.63, 3.8) is 0 Å². The van der Waals surface area contributed by atoms with Crippen molar-refractivity contribution in [1.29, 1.82) is 0 Å². The summed E-state index contributed by atoms with van der Waals surface area (Å²) in [5.74, 6) is 1.52. The maximum Gasteiger partial charge on any atom is 0.349 e. The second-order valence-electron chi connectivity index (χ2n) is 9.37. The lowest BCUT2D eigenvalue weighted by Gasteiger charge is -2.23. The summed E-state index contributed by atoms with van der Waals surface area (Å²) in [7, 11) is -2.38. The van der Waals surface area contributed by atoms with E-state index in [1.807, 2.05) is 0 Å². The Morgan fingerprint density at radius 2 is 1.92 bits per heavy atom. The van der Waals surface area contributed by atoms with Crippen LogP contribution in [0.4, 0.5) is 0 Å². The molecule has 4 rings (SSSR count). The molecular weight excluding hydrogens is 644 g/mol. The van der Waals surface area contributed by atoms with Crippen molar-refractivity contribution in [2.24, 2.45) is 17.0 Å². The smallest absolute Gasteiger partial charge is 0.349 e. The molecule has 0 saturated heterocycles. The van der Waals surface area contributed by atoms with E-state index >= 15 is 0 Å². The Hall–Kier alpha value is -2.15. The largest absolute Gasteiger partial charge is 0.495 e. The van der Waals surface area contributed by atoms with Crippen LogP contribution >= 0.6 is 31.9 Å². The van der Waals surface area contributed by atoms with Gasteiger partial charge in [-0.05, 0) is 107 Å². The molecule has 0 spiro atoms. The Morgan fingerprint density at radius 3 is 2.53 bits per heavy atom. The molecule has 2 aliphatic carbocycles. The highest BCUT2D eigenvalue weighted by molar-refractivity contribution is 9.11. The van der Waals surface area contributed by atoms with E-state index in [2.05, 4.69) is 41.7 Å². The number of nitrogens with zero attached hydrogens (tertiary/aromatic N) is 1. The summed E-state index contributed by atoms with van der Waals surface area (Å²) in [6.07, 6.45) is 4.84. The topological polar surface area (TPSA) is 113 Å². The number of benzene rings is 2. The number of carbonyl (C=O) groups excluding carboxylic acids is 1. The molecule has 2 bridgehead atoms. The molecule has 4 atom stereocenters. The van der Waals surface area contributed by atoms with E-state index in [9.17, 15) is 13.2 Å². The Balaban J connectivity index is 1.50. The van der Waals surface area contributed by atoms with Crippen LogP contribution in [0.2, 0.25) is 0 Å². The van der Waals surface area contributed by atoms with Crippen molar-refractivity contribution in [3.05, 3.63) is 44.8 Å². The van der Waals surface area contributed by atoms with Gasteiger partial charge in [-0.2, -0.15) is 0 Å². The first kappa shape index (κ1) is 28.8. The third-order valence-electron chi connectivity index (χ3n) is 6.75. The Labute approximate surface area is 239 Å². The van der Waals surface area contributed by atoms with Crippen molar-refractivity contribution in [2.45, 2.75) is 56.6 Å². The van der Waals surface area contributed by atoms with Gasteiger partial charge in [0, 0.05) is 12.1 Å². The second-order valence-corrected chi connectivity index (χ2v) is 12.8. The van der Waals surface area contributed by atoms with Crippen LogP contribution in [0.15, 0.2) is 49.3 Å². The molecule has 0 aliphatic heterocycles. The predicted molar refractivity (Wildman–Crippen MR) is 149 cm³/mol. The first-order valence-corrected chi connectivity index (χ1v) is 15.4. The van der Waals surface area contributed by atoms with E-state index in [4.69, 9.17) is 19.0 Å². The number of hydrogen-bond donors (Lipinski definition) is 1. The number of sulfonamides is 1. The van der Waals surface area contributed by atoms with Gasteiger partial charge in [-0.25, -0.2) is 17.9 Å². The highest BCUT2D eigenvalue weighted by atomic mass is 79.9. The molecule has 38 heavy (non-hydrogen) atoms. The molecule has 0 amide bonds. The van der Waals surface area contributed by atoms with Crippen LogP contribution < -0.4 is 14.2 Å². The monoisotopic (exact) mass is 672 g/mol. The van der Waals surface area contributed by atoms with Crippen LogP contribution in [0, 0.1) is 11.8 Å². The zero-order chi connectivity index (χ0) is 27.4. The third-order valence-corrected chi connectivity index (χ3v) is 9.44. The molecule has 2 saturated carbocycles. The van der Waals surface area contributed by atoms with Gasteiger partial charge >= 0.3 is 5.97 Å². The van der Waals surface area contributed by atoms with E-state index < -0.39 is 22.1 Å². The summed E-state index contributed by atoms with van der Waals surface area (Å²) >= 11 is 6.99. The van der Waals surface area contributed by atoms with Gasteiger partial charge in [-0.3, -0.25) is 0 Å². The number of halogens is 2. The summed E-state index contributed by atoms with van der Waals surface area (Å²) in [5.41, 5.74) is 0.667. The number of ether oxygens (including phenoxy) is 3. The summed E-state index contributed by atoms with van der Waals surface area (Å²) in [5, 5.41) is 3.86. The molecule has 2 aromatic carbocycles. The maximum absolute atomic E-state index is 13.3. The fourth-order valence-corrected chi connectivity index (χ4v) is 7.82. The number of fused-ring (bicyclic) bond motifs is 2. The van der Waals surface area contributed by atoms with Crippen LogP contribution in [0.1, 0.15) is 45.1 Å². The number of oxime groups is 1. The fourth-order valence-electron chi connectivity index (χ4n) is 4.94. The standard InChI is InChI=1S/C26H30Br2N2O7S/c1-4-35-26(31)15(2)37-29-14-17-10-20(27)25(21(28)11-17)36-19-7-8-23(34-3)24(13-19)38(32,33)30-22-12-16-5-6-18(22)9-16/h7-8,10-11,13-16,18,22,30H,4-6,9,12H2,1-3H3/t15?,16-,18?,22+/m0/s1. The third kappa shape index (κ3) is 6.70. The van der Waals surface area contributed by atoms with Crippen LogP contribution in [-0.2, 0) is 24.4 Å². The SMILES string of the molecule is CCOC(=O)C(C)ON=Cc1cc(Br)c(Oc2ccc(OC)c(S(=O)(=O)N[C@@H]3C[C@H]4CCC3C4)c2)c(Br)c1. The van der Waals surface area contributed by atoms with E-state index in [1.165, 1.54) is 25.8 Å². The first-order valence-electron chi connectivity index (χ1n) is 12.3. The summed E-state index contributed by atoms with van der Waals surface area (Å²) in [4.78, 5) is 16.8. The number of rotatable bonds is 11. The Morgan fingerprint density at radius 1 is 1.18 bits per heavy atom. The minimum Gasteiger partial charge on any atom is -0.495 e. The number of esters is 1. The van der Waals surface area contributed by atoms with E-state index in [1.54, 1.807) is 38.1 Å². The molecule has 0 radical (unpaired) electrons. The molecule has 12 heteroatoms. The van der Waals surface area contributed by atoms with Gasteiger partial charge in [0.05, 0.1) is 28.9 Å². The van der Waals surface area contributed by atoms with Crippen LogP contribution in [0.3, 0.4) is 0 Å². The molecular formula is C26H30Br2N2O7S. The molecule has 206 valence electrons. The number of methoxy groups -OCH3 is 1. The zero-order valence-corrected chi connectivity index (χ0v) is 25.3. The van der Waals surface area contributed by atoms with Crippen molar-refractivity contribution in [1.82, 2.24) is 4.72 Å². The predicted octanol–water partition coefficient (Wildman–Crippen LogP) is 5.78. The van der Waals surface area contributed by atoms with Gasteiger partial charge in [-0.1, -0.05) is 11.6 Å². The van der Waals surface area contributed by atoms with E-state index in [-0.39, 0.29) is 23.3 Å². The molecule has 2 aromatic rings. The van der Waals surface area contributed by atoms with Gasteiger partial charge in [-0.15, -0.1) is 0 Å². The normalized spacial score (nSPS) is 21.4. The molecule has 0 heterocycles. The molecule has 0 aromatic heterocycles. The van der Waals surface area contributed by atoms with Gasteiger partial charge in [0.1, 0.15) is 16.4 Å². The molecule has 1 N–H and O–H groups in total. The molecule has 2 fully saturated rings. The average Bonchev–Trinajstić information content (AvgIpc) is 3.49. The lowest BCUT2D eigenvalue weighted by Crippen LogP contribution is -2.38. The van der Waals surface area contributed by atoms with Gasteiger partial charge in [0.15, 0.2) is 5.75 Å². The lowest BCUT2D eigenvalue weighted by atomic mass is 9.96. The molecule has 2 aliphatic rings. The zero-order valence-electron chi connectivity index (χ0n) is 21.3. The summed E-state index contributed by atoms with van der Waals surface area (Å²) < 4.78 is 47.1. The van der Waals surface area contributed by atoms with Crippen LogP contribution in [-0.4, -0.2) is 46.5 Å². The second kappa shape index (κ2) is 12.4. The Bertz CT molecular complexity index is 1300. The number of nitrogens with one attached hydrogen (secondary N) is 1.